The molecule has 2 heterocycles. The van der Waals surface area contributed by atoms with Crippen LogP contribution in [-0.2, 0) is 0 Å². The second-order valence-corrected chi connectivity index (χ2v) is 3.55. The molecule has 16 heavy (non-hydrogen) atoms. The zero-order valence-corrected chi connectivity index (χ0v) is 9.73. The molecule has 0 bridgehead atoms. The van der Waals surface area contributed by atoms with Crippen molar-refractivity contribution in [2.45, 2.75) is 20.8 Å². The van der Waals surface area contributed by atoms with E-state index < -0.39 is 0 Å². The van der Waals surface area contributed by atoms with Crippen molar-refractivity contribution < 1.29 is 0 Å². The fourth-order valence-electron chi connectivity index (χ4n) is 1.46. The predicted molar refractivity (Wildman–Crippen MR) is 62.8 cm³/mol. The lowest BCUT2D eigenvalue weighted by Crippen LogP contribution is -2.05. The third kappa shape index (κ3) is 1.88. The highest BCUT2D eigenvalue weighted by Gasteiger charge is 2.06. The summed E-state index contributed by atoms with van der Waals surface area (Å²) in [5.41, 5.74) is 2.12. The molecule has 0 aliphatic heterocycles. The van der Waals surface area contributed by atoms with E-state index in [0.29, 0.717) is 5.95 Å². The summed E-state index contributed by atoms with van der Waals surface area (Å²) in [7, 11) is 0. The second-order valence-electron chi connectivity index (χ2n) is 3.55. The molecule has 2 aromatic rings. The lowest BCUT2D eigenvalue weighted by Gasteiger charge is -2.06. The van der Waals surface area contributed by atoms with Gasteiger partial charge in [0.2, 0.25) is 5.95 Å². The van der Waals surface area contributed by atoms with Gasteiger partial charge in [0.05, 0.1) is 5.69 Å². The van der Waals surface area contributed by atoms with Crippen molar-refractivity contribution in [3.8, 4) is 5.82 Å². The van der Waals surface area contributed by atoms with Crippen LogP contribution < -0.4 is 5.32 Å². The van der Waals surface area contributed by atoms with Gasteiger partial charge in [-0.05, 0) is 26.8 Å². The van der Waals surface area contributed by atoms with Crippen molar-refractivity contribution in [1.82, 2.24) is 19.5 Å². The molecular formula is C11H15N5. The van der Waals surface area contributed by atoms with E-state index in [1.165, 1.54) is 0 Å². The van der Waals surface area contributed by atoms with Crippen LogP contribution >= 0.6 is 0 Å². The maximum atomic E-state index is 4.41. The van der Waals surface area contributed by atoms with E-state index in [1.807, 2.05) is 31.4 Å². The molecule has 0 radical (unpaired) electrons. The van der Waals surface area contributed by atoms with E-state index >= 15 is 0 Å². The van der Waals surface area contributed by atoms with Crippen LogP contribution in [0.5, 0.6) is 0 Å². The number of nitrogens with zero attached hydrogens (tertiary/aromatic N) is 4. The molecule has 84 valence electrons. The van der Waals surface area contributed by atoms with Gasteiger partial charge in [-0.3, -0.25) is 4.57 Å². The largest absolute Gasteiger partial charge is 0.354 e. The van der Waals surface area contributed by atoms with Gasteiger partial charge in [-0.25, -0.2) is 9.97 Å². The Bertz CT molecular complexity index is 489. The molecule has 5 heteroatoms. The number of hydrogen-bond acceptors (Lipinski definition) is 4. The van der Waals surface area contributed by atoms with Crippen molar-refractivity contribution >= 4 is 5.95 Å². The Hall–Kier alpha value is -1.91. The summed E-state index contributed by atoms with van der Waals surface area (Å²) >= 11 is 0. The molecule has 0 aliphatic rings. The Morgan fingerprint density at radius 1 is 1.31 bits per heavy atom. The van der Waals surface area contributed by atoms with Gasteiger partial charge in [-0.2, -0.15) is 4.98 Å². The van der Waals surface area contributed by atoms with E-state index in [0.717, 1.165) is 23.8 Å². The maximum Gasteiger partial charge on any atom is 0.224 e. The molecule has 2 aromatic heterocycles. The van der Waals surface area contributed by atoms with Gasteiger partial charge in [0, 0.05) is 18.4 Å². The SMILES string of the molecule is CCNc1nccc(-n2cnc(C)c2C)n1. The third-order valence-electron chi connectivity index (χ3n) is 2.47. The van der Waals surface area contributed by atoms with E-state index in [9.17, 15) is 0 Å². The molecule has 0 saturated carbocycles. The topological polar surface area (TPSA) is 55.6 Å². The van der Waals surface area contributed by atoms with E-state index in [2.05, 4.69) is 20.3 Å². The van der Waals surface area contributed by atoms with Crippen LogP contribution in [0.1, 0.15) is 18.3 Å². The van der Waals surface area contributed by atoms with E-state index in [4.69, 9.17) is 0 Å². The van der Waals surface area contributed by atoms with Crippen LogP contribution in [0.3, 0.4) is 0 Å². The summed E-state index contributed by atoms with van der Waals surface area (Å²) in [4.78, 5) is 12.8. The average molecular weight is 217 g/mol. The van der Waals surface area contributed by atoms with Crippen LogP contribution in [0.4, 0.5) is 5.95 Å². The summed E-state index contributed by atoms with van der Waals surface area (Å²) in [5, 5.41) is 3.09. The molecule has 0 fully saturated rings. The quantitative estimate of drug-likeness (QED) is 0.850. The van der Waals surface area contributed by atoms with Gasteiger partial charge in [0.25, 0.3) is 0 Å². The zero-order valence-electron chi connectivity index (χ0n) is 9.73. The number of rotatable bonds is 3. The molecule has 5 nitrogen and oxygen atoms in total. The maximum absolute atomic E-state index is 4.41. The van der Waals surface area contributed by atoms with Gasteiger partial charge in [0.1, 0.15) is 12.1 Å². The highest BCUT2D eigenvalue weighted by atomic mass is 15.2. The number of nitrogens with one attached hydrogen (secondary N) is 1. The fourth-order valence-corrected chi connectivity index (χ4v) is 1.46. The van der Waals surface area contributed by atoms with Gasteiger partial charge in [-0.1, -0.05) is 0 Å². The van der Waals surface area contributed by atoms with Crippen LogP contribution in [0, 0.1) is 13.8 Å². The average Bonchev–Trinajstić information content (AvgIpc) is 2.61. The number of imidazole rings is 1. The summed E-state index contributed by atoms with van der Waals surface area (Å²) < 4.78 is 1.96. The van der Waals surface area contributed by atoms with Gasteiger partial charge < -0.3 is 5.32 Å². The normalized spacial score (nSPS) is 10.4. The van der Waals surface area contributed by atoms with Crippen LogP contribution in [0.25, 0.3) is 5.82 Å². The molecule has 2 rings (SSSR count). The minimum absolute atomic E-state index is 0.644. The summed E-state index contributed by atoms with van der Waals surface area (Å²) in [5.74, 6) is 1.48. The lowest BCUT2D eigenvalue weighted by atomic mass is 10.4. The summed E-state index contributed by atoms with van der Waals surface area (Å²) in [6, 6.07) is 1.87. The summed E-state index contributed by atoms with van der Waals surface area (Å²) in [6.07, 6.45) is 3.53. The van der Waals surface area contributed by atoms with E-state index in [-0.39, 0.29) is 0 Å². The van der Waals surface area contributed by atoms with Crippen molar-refractivity contribution in [2.24, 2.45) is 0 Å². The number of aromatic nitrogens is 4. The van der Waals surface area contributed by atoms with Gasteiger partial charge >= 0.3 is 0 Å². The number of anilines is 1. The molecule has 0 spiro atoms. The standard InChI is InChI=1S/C11H15N5/c1-4-12-11-13-6-5-10(15-11)16-7-14-8(2)9(16)3/h5-7H,4H2,1-3H3,(H,12,13,15). The predicted octanol–water partition coefficient (Wildman–Crippen LogP) is 1.71. The Kier molecular flexibility index (Phi) is 2.85. The molecule has 1 N–H and O–H groups in total. The monoisotopic (exact) mass is 217 g/mol. The van der Waals surface area contributed by atoms with Crippen molar-refractivity contribution in [3.63, 3.8) is 0 Å². The van der Waals surface area contributed by atoms with Crippen molar-refractivity contribution in [3.05, 3.63) is 30.0 Å². The third-order valence-corrected chi connectivity index (χ3v) is 2.47. The van der Waals surface area contributed by atoms with Gasteiger partial charge in [0.15, 0.2) is 0 Å². The zero-order chi connectivity index (χ0) is 11.5. The van der Waals surface area contributed by atoms with Crippen LogP contribution in [0.15, 0.2) is 18.6 Å². The molecule has 0 saturated heterocycles. The van der Waals surface area contributed by atoms with Gasteiger partial charge in [-0.15, -0.1) is 0 Å². The highest BCUT2D eigenvalue weighted by Crippen LogP contribution is 2.12. The second kappa shape index (κ2) is 4.30. The number of aryl methyl sites for hydroxylation is 1. The molecule has 0 atom stereocenters. The van der Waals surface area contributed by atoms with Crippen molar-refractivity contribution in [2.75, 3.05) is 11.9 Å². The Morgan fingerprint density at radius 3 is 2.75 bits per heavy atom. The number of hydrogen-bond donors (Lipinski definition) is 1. The first-order valence-corrected chi connectivity index (χ1v) is 5.30. The molecule has 0 aliphatic carbocycles. The Morgan fingerprint density at radius 2 is 2.12 bits per heavy atom. The molecular weight excluding hydrogens is 202 g/mol. The van der Waals surface area contributed by atoms with Crippen molar-refractivity contribution in [1.29, 1.82) is 0 Å². The molecule has 0 amide bonds. The summed E-state index contributed by atoms with van der Waals surface area (Å²) in [6.45, 7) is 6.84. The van der Waals surface area contributed by atoms with Crippen LogP contribution in [0.2, 0.25) is 0 Å². The molecule has 0 aromatic carbocycles. The Balaban J connectivity index is 2.40. The minimum atomic E-state index is 0.644. The fraction of sp³-hybridized carbons (Fsp3) is 0.364. The highest BCUT2D eigenvalue weighted by molar-refractivity contribution is 5.33. The smallest absolute Gasteiger partial charge is 0.224 e. The first-order chi connectivity index (χ1) is 7.72. The first kappa shape index (κ1) is 10.6. The van der Waals surface area contributed by atoms with Crippen LogP contribution in [-0.4, -0.2) is 26.1 Å². The lowest BCUT2D eigenvalue weighted by molar-refractivity contribution is 0.931. The Labute approximate surface area is 94.6 Å². The minimum Gasteiger partial charge on any atom is -0.354 e. The first-order valence-electron chi connectivity index (χ1n) is 5.30. The molecule has 0 unspecified atom stereocenters. The van der Waals surface area contributed by atoms with E-state index in [1.54, 1.807) is 12.5 Å².